The van der Waals surface area contributed by atoms with Gasteiger partial charge in [0.15, 0.2) is 0 Å². The third-order valence-electron chi connectivity index (χ3n) is 5.20. The van der Waals surface area contributed by atoms with Crippen molar-refractivity contribution in [1.29, 1.82) is 0 Å². The topological polar surface area (TPSA) is 46.5 Å². The lowest BCUT2D eigenvalue weighted by molar-refractivity contribution is -0.188. The van der Waals surface area contributed by atoms with Crippen molar-refractivity contribution < 1.29 is 14.6 Å². The van der Waals surface area contributed by atoms with Gasteiger partial charge in [-0.15, -0.1) is 0 Å². The second kappa shape index (κ2) is 14.4. The molecule has 0 radical (unpaired) electrons. The largest absolute Gasteiger partial charge is 0.461 e. The monoisotopic (exact) mass is 352 g/mol. The number of cyclic esters (lactones) is 1. The van der Waals surface area contributed by atoms with Crippen LogP contribution in [0.3, 0.4) is 0 Å². The van der Waals surface area contributed by atoms with Crippen molar-refractivity contribution in [2.24, 2.45) is 5.92 Å². The highest BCUT2D eigenvalue weighted by Crippen LogP contribution is 2.31. The number of aliphatic hydroxyl groups is 1. The maximum Gasteiger partial charge on any atom is 0.313 e. The van der Waals surface area contributed by atoms with Crippen LogP contribution in [0.4, 0.5) is 0 Å². The summed E-state index contributed by atoms with van der Waals surface area (Å²) in [5.74, 6) is -0.0261. The minimum absolute atomic E-state index is 0.0326. The molecule has 0 aromatic heterocycles. The van der Waals surface area contributed by atoms with Gasteiger partial charge in [-0.25, -0.2) is 0 Å². The molecule has 1 saturated heterocycles. The van der Waals surface area contributed by atoms with Crippen LogP contribution < -0.4 is 0 Å². The van der Waals surface area contributed by atoms with Crippen molar-refractivity contribution in [1.82, 2.24) is 0 Å². The first-order chi connectivity index (χ1) is 12.2. The Labute approximate surface area is 155 Å². The van der Waals surface area contributed by atoms with Gasteiger partial charge >= 0.3 is 5.97 Å². The van der Waals surface area contributed by atoms with Gasteiger partial charge in [0, 0.05) is 6.42 Å². The van der Waals surface area contributed by atoms with E-state index in [0.717, 1.165) is 32.1 Å². The van der Waals surface area contributed by atoms with Crippen LogP contribution in [0.15, 0.2) is 12.2 Å². The molecule has 3 nitrogen and oxygen atoms in total. The highest BCUT2D eigenvalue weighted by molar-refractivity contribution is 5.78. The molecule has 146 valence electrons. The maximum atomic E-state index is 11.6. The molecule has 0 aromatic rings. The Balaban J connectivity index is 2.05. The second-order valence-electron chi connectivity index (χ2n) is 7.57. The summed E-state index contributed by atoms with van der Waals surface area (Å²) in [5.41, 5.74) is 0. The van der Waals surface area contributed by atoms with Gasteiger partial charge < -0.3 is 9.84 Å². The molecule has 1 rings (SSSR count). The highest BCUT2D eigenvalue weighted by atomic mass is 16.6. The number of ether oxygens (including phenoxy) is 1. The predicted molar refractivity (Wildman–Crippen MR) is 105 cm³/mol. The molecule has 0 unspecified atom stereocenters. The molecule has 0 bridgehead atoms. The van der Waals surface area contributed by atoms with Gasteiger partial charge in [0.05, 0.1) is 12.0 Å². The molecule has 0 spiro atoms. The number of rotatable bonds is 16. The first-order valence-corrected chi connectivity index (χ1v) is 10.7. The van der Waals surface area contributed by atoms with Crippen molar-refractivity contribution >= 4 is 5.97 Å². The molecule has 25 heavy (non-hydrogen) atoms. The van der Waals surface area contributed by atoms with Crippen LogP contribution in [0.2, 0.25) is 0 Å². The lowest BCUT2D eigenvalue weighted by atomic mass is 9.87. The fourth-order valence-corrected chi connectivity index (χ4v) is 3.48. The Hall–Kier alpha value is -0.830. The van der Waals surface area contributed by atoms with E-state index in [-0.39, 0.29) is 24.1 Å². The van der Waals surface area contributed by atoms with E-state index in [1.807, 2.05) is 0 Å². The summed E-state index contributed by atoms with van der Waals surface area (Å²) < 4.78 is 5.25. The molecule has 0 amide bonds. The Kier molecular flexibility index (Phi) is 12.8. The summed E-state index contributed by atoms with van der Waals surface area (Å²) in [6.45, 7) is 4.43. The zero-order valence-corrected chi connectivity index (χ0v) is 16.5. The third kappa shape index (κ3) is 10.0. The lowest BCUT2D eigenvalue weighted by Gasteiger charge is -2.36. The second-order valence-corrected chi connectivity index (χ2v) is 7.57. The Bertz CT molecular complexity index is 364. The number of esters is 1. The van der Waals surface area contributed by atoms with E-state index in [2.05, 4.69) is 26.0 Å². The molecular formula is C22H40O3. The number of hydrogen-bond acceptors (Lipinski definition) is 3. The molecule has 1 aliphatic heterocycles. The minimum Gasteiger partial charge on any atom is -0.461 e. The number of allylic oxidation sites excluding steroid dienone is 2. The van der Waals surface area contributed by atoms with Crippen molar-refractivity contribution in [2.75, 3.05) is 0 Å². The number of aliphatic hydroxyl groups excluding tert-OH is 1. The van der Waals surface area contributed by atoms with Gasteiger partial charge in [-0.2, -0.15) is 0 Å². The Morgan fingerprint density at radius 3 is 2.28 bits per heavy atom. The maximum absolute atomic E-state index is 11.6. The van der Waals surface area contributed by atoms with Gasteiger partial charge in [-0.1, -0.05) is 77.4 Å². The predicted octanol–water partition coefficient (Wildman–Crippen LogP) is 5.95. The van der Waals surface area contributed by atoms with Crippen molar-refractivity contribution in [3.05, 3.63) is 12.2 Å². The molecule has 0 aliphatic carbocycles. The zero-order chi connectivity index (χ0) is 18.3. The van der Waals surface area contributed by atoms with Crippen LogP contribution in [-0.4, -0.2) is 23.3 Å². The van der Waals surface area contributed by atoms with Gasteiger partial charge in [0.25, 0.3) is 0 Å². The number of hydrogen-bond donors (Lipinski definition) is 1. The lowest BCUT2D eigenvalue weighted by Crippen LogP contribution is -2.46. The molecule has 1 heterocycles. The smallest absolute Gasteiger partial charge is 0.313 e. The van der Waals surface area contributed by atoms with E-state index in [4.69, 9.17) is 4.74 Å². The number of unbranched alkanes of at least 4 members (excludes halogenated alkanes) is 8. The minimum atomic E-state index is -0.356. The molecule has 1 N–H and O–H groups in total. The van der Waals surface area contributed by atoms with E-state index < -0.39 is 0 Å². The van der Waals surface area contributed by atoms with Gasteiger partial charge in [0.1, 0.15) is 6.10 Å². The normalized spacial score (nSPS) is 21.3. The van der Waals surface area contributed by atoms with Crippen LogP contribution in [0.25, 0.3) is 0 Å². The molecule has 1 fully saturated rings. The summed E-state index contributed by atoms with van der Waals surface area (Å²) in [6.07, 6.45) is 19.7. The van der Waals surface area contributed by atoms with Gasteiger partial charge in [-0.3, -0.25) is 4.79 Å². The average Bonchev–Trinajstić information content (AvgIpc) is 2.59. The first kappa shape index (κ1) is 22.2. The Morgan fingerprint density at radius 2 is 1.60 bits per heavy atom. The Morgan fingerprint density at radius 1 is 0.960 bits per heavy atom. The van der Waals surface area contributed by atoms with Crippen LogP contribution >= 0.6 is 0 Å². The summed E-state index contributed by atoms with van der Waals surface area (Å²) in [4.78, 5) is 11.6. The molecule has 3 atom stereocenters. The van der Waals surface area contributed by atoms with Gasteiger partial charge in [-0.05, 0) is 32.1 Å². The molecular weight excluding hydrogens is 312 g/mol. The number of carbonyl (C=O) groups excluding carboxylic acids is 1. The summed E-state index contributed by atoms with van der Waals surface area (Å²) in [7, 11) is 0. The SMILES string of the molecule is CCCCCCC/C=C/CC[C@@H](O)C[C@H]1OC(=O)[C@@H]1CCCCCC. The van der Waals surface area contributed by atoms with Crippen LogP contribution in [-0.2, 0) is 9.53 Å². The van der Waals surface area contributed by atoms with E-state index in [1.54, 1.807) is 0 Å². The quantitative estimate of drug-likeness (QED) is 0.212. The van der Waals surface area contributed by atoms with E-state index in [1.165, 1.54) is 51.4 Å². The molecule has 3 heteroatoms. The zero-order valence-electron chi connectivity index (χ0n) is 16.5. The summed E-state index contributed by atoms with van der Waals surface area (Å²) in [6, 6.07) is 0. The highest BCUT2D eigenvalue weighted by Gasteiger charge is 2.42. The third-order valence-corrected chi connectivity index (χ3v) is 5.20. The fourth-order valence-electron chi connectivity index (χ4n) is 3.48. The number of carbonyl (C=O) groups is 1. The van der Waals surface area contributed by atoms with E-state index in [9.17, 15) is 9.90 Å². The standard InChI is InChI=1S/C22H40O3/c1-3-5-7-9-10-11-12-13-14-16-19(23)18-21-20(22(24)25-21)17-15-8-6-4-2/h12-13,19-21,23H,3-11,14-18H2,1-2H3/b13-12+/t19-,20-,21-/m1/s1. The van der Waals surface area contributed by atoms with Crippen LogP contribution in [0, 0.1) is 5.92 Å². The molecule has 0 saturated carbocycles. The molecule has 1 aliphatic rings. The van der Waals surface area contributed by atoms with Gasteiger partial charge in [0.2, 0.25) is 0 Å². The summed E-state index contributed by atoms with van der Waals surface area (Å²) in [5, 5.41) is 10.2. The van der Waals surface area contributed by atoms with Crippen molar-refractivity contribution in [3.63, 3.8) is 0 Å². The van der Waals surface area contributed by atoms with E-state index in [0.29, 0.717) is 6.42 Å². The van der Waals surface area contributed by atoms with Crippen molar-refractivity contribution in [2.45, 2.75) is 116 Å². The molecule has 0 aromatic carbocycles. The van der Waals surface area contributed by atoms with Crippen molar-refractivity contribution in [3.8, 4) is 0 Å². The average molecular weight is 353 g/mol. The first-order valence-electron chi connectivity index (χ1n) is 10.7. The summed E-state index contributed by atoms with van der Waals surface area (Å²) >= 11 is 0. The van der Waals surface area contributed by atoms with Crippen LogP contribution in [0.5, 0.6) is 0 Å². The fraction of sp³-hybridized carbons (Fsp3) is 0.864. The van der Waals surface area contributed by atoms with Crippen LogP contribution in [0.1, 0.15) is 104 Å². The van der Waals surface area contributed by atoms with E-state index >= 15 is 0 Å².